The van der Waals surface area contributed by atoms with E-state index in [-0.39, 0.29) is 5.91 Å². The third-order valence-electron chi connectivity index (χ3n) is 3.62. The zero-order valence-electron chi connectivity index (χ0n) is 12.1. The summed E-state index contributed by atoms with van der Waals surface area (Å²) >= 11 is 0. The molecule has 1 saturated heterocycles. The highest BCUT2D eigenvalue weighted by atomic mass is 16.3. The molecule has 2 heterocycles. The monoisotopic (exact) mass is 298 g/mol. The van der Waals surface area contributed by atoms with Crippen LogP contribution in [-0.4, -0.2) is 45.1 Å². The fourth-order valence-electron chi connectivity index (χ4n) is 2.54. The number of aliphatic hydroxyl groups excluding tert-OH is 1. The molecule has 0 radical (unpaired) electrons. The van der Waals surface area contributed by atoms with Crippen molar-refractivity contribution in [2.45, 2.75) is 18.9 Å². The van der Waals surface area contributed by atoms with Crippen molar-refractivity contribution in [1.82, 2.24) is 14.9 Å². The molecular formula is C16H18N4O2. The minimum Gasteiger partial charge on any atom is -0.391 e. The Balaban J connectivity index is 1.74. The average Bonchev–Trinajstić information content (AvgIpc) is 2.55. The van der Waals surface area contributed by atoms with Crippen LogP contribution in [-0.2, 0) is 0 Å². The lowest BCUT2D eigenvalue weighted by molar-refractivity contribution is 0.0474. The molecule has 1 aromatic carbocycles. The first-order valence-corrected chi connectivity index (χ1v) is 7.34. The summed E-state index contributed by atoms with van der Waals surface area (Å²) in [6.45, 7) is 1.09. The predicted octanol–water partition coefficient (Wildman–Crippen LogP) is 1.82. The van der Waals surface area contributed by atoms with Crippen molar-refractivity contribution < 1.29 is 9.90 Å². The summed E-state index contributed by atoms with van der Waals surface area (Å²) in [5.41, 5.74) is 1.35. The second-order valence-corrected chi connectivity index (χ2v) is 5.33. The van der Waals surface area contributed by atoms with E-state index in [1.807, 2.05) is 12.1 Å². The molecule has 1 aliphatic heterocycles. The number of benzene rings is 1. The van der Waals surface area contributed by atoms with Crippen molar-refractivity contribution >= 4 is 17.5 Å². The van der Waals surface area contributed by atoms with Crippen molar-refractivity contribution in [2.75, 3.05) is 18.4 Å². The number of hydrogen-bond acceptors (Lipinski definition) is 5. The van der Waals surface area contributed by atoms with E-state index >= 15 is 0 Å². The van der Waals surface area contributed by atoms with E-state index in [1.54, 1.807) is 35.5 Å². The van der Waals surface area contributed by atoms with Crippen LogP contribution in [0.25, 0.3) is 0 Å². The van der Waals surface area contributed by atoms with E-state index in [2.05, 4.69) is 15.3 Å². The van der Waals surface area contributed by atoms with E-state index < -0.39 is 6.10 Å². The lowest BCUT2D eigenvalue weighted by atomic mass is 10.1. The first kappa shape index (κ1) is 14.5. The maximum Gasteiger partial charge on any atom is 0.254 e. The number of amides is 1. The van der Waals surface area contributed by atoms with Gasteiger partial charge in [0.15, 0.2) is 0 Å². The van der Waals surface area contributed by atoms with Gasteiger partial charge in [0.05, 0.1) is 6.10 Å². The minimum atomic E-state index is -0.420. The molecule has 114 valence electrons. The lowest BCUT2D eigenvalue weighted by Crippen LogP contribution is -2.42. The summed E-state index contributed by atoms with van der Waals surface area (Å²) in [6.07, 6.45) is 4.48. The van der Waals surface area contributed by atoms with Gasteiger partial charge in [-0.05, 0) is 37.1 Å². The van der Waals surface area contributed by atoms with Crippen LogP contribution in [0.1, 0.15) is 23.2 Å². The molecule has 0 bridgehead atoms. The first-order valence-electron chi connectivity index (χ1n) is 7.34. The maximum atomic E-state index is 12.5. The Morgan fingerprint density at radius 2 is 2.09 bits per heavy atom. The van der Waals surface area contributed by atoms with E-state index in [0.717, 1.165) is 18.5 Å². The number of rotatable bonds is 3. The van der Waals surface area contributed by atoms with Gasteiger partial charge in [-0.25, -0.2) is 9.97 Å². The number of aliphatic hydroxyl groups is 1. The van der Waals surface area contributed by atoms with Crippen LogP contribution in [0.5, 0.6) is 0 Å². The van der Waals surface area contributed by atoms with Crippen molar-refractivity contribution in [3.8, 4) is 0 Å². The smallest absolute Gasteiger partial charge is 0.254 e. The molecule has 2 N–H and O–H groups in total. The largest absolute Gasteiger partial charge is 0.391 e. The average molecular weight is 298 g/mol. The fraction of sp³-hybridized carbons (Fsp3) is 0.312. The minimum absolute atomic E-state index is 0.0589. The van der Waals surface area contributed by atoms with Gasteiger partial charge in [0.25, 0.3) is 5.91 Å². The number of carbonyl (C=O) groups is 1. The van der Waals surface area contributed by atoms with Crippen molar-refractivity contribution in [3.63, 3.8) is 0 Å². The van der Waals surface area contributed by atoms with Gasteiger partial charge in [0.2, 0.25) is 5.95 Å². The van der Waals surface area contributed by atoms with E-state index in [1.165, 1.54) is 0 Å². The Labute approximate surface area is 128 Å². The summed E-state index contributed by atoms with van der Waals surface area (Å²) < 4.78 is 0. The molecule has 6 nitrogen and oxygen atoms in total. The van der Waals surface area contributed by atoms with Crippen molar-refractivity contribution in [1.29, 1.82) is 0 Å². The second kappa shape index (κ2) is 6.53. The van der Waals surface area contributed by atoms with Gasteiger partial charge in [-0.2, -0.15) is 0 Å². The molecule has 1 fully saturated rings. The summed E-state index contributed by atoms with van der Waals surface area (Å²) in [7, 11) is 0. The molecule has 0 spiro atoms. The highest BCUT2D eigenvalue weighted by Gasteiger charge is 2.23. The third kappa shape index (κ3) is 3.40. The van der Waals surface area contributed by atoms with E-state index in [4.69, 9.17) is 0 Å². The summed E-state index contributed by atoms with van der Waals surface area (Å²) in [5, 5.41) is 12.8. The number of carbonyl (C=O) groups excluding carboxylic acids is 1. The number of nitrogens with zero attached hydrogens (tertiary/aromatic N) is 3. The van der Waals surface area contributed by atoms with Crippen LogP contribution in [0.3, 0.4) is 0 Å². The Morgan fingerprint density at radius 1 is 1.27 bits per heavy atom. The number of nitrogens with one attached hydrogen (secondary N) is 1. The molecule has 3 rings (SSSR count). The zero-order chi connectivity index (χ0) is 15.4. The topological polar surface area (TPSA) is 78.4 Å². The van der Waals surface area contributed by atoms with Crippen LogP contribution in [0.2, 0.25) is 0 Å². The standard InChI is InChI=1S/C16H18N4O2/c21-14-6-2-9-20(11-14)15(22)12-4-1-5-13(10-12)19-16-17-7-3-8-18-16/h1,3-5,7-8,10,14,21H,2,6,9,11H2,(H,17,18,19)/t14-/m1/s1. The highest BCUT2D eigenvalue weighted by molar-refractivity contribution is 5.95. The first-order chi connectivity index (χ1) is 10.7. The zero-order valence-corrected chi connectivity index (χ0v) is 12.1. The molecular weight excluding hydrogens is 280 g/mol. The lowest BCUT2D eigenvalue weighted by Gasteiger charge is -2.30. The Morgan fingerprint density at radius 3 is 2.86 bits per heavy atom. The fourth-order valence-corrected chi connectivity index (χ4v) is 2.54. The van der Waals surface area contributed by atoms with Crippen LogP contribution in [0, 0.1) is 0 Å². The highest BCUT2D eigenvalue weighted by Crippen LogP contribution is 2.18. The summed E-state index contributed by atoms with van der Waals surface area (Å²) in [5.74, 6) is 0.428. The van der Waals surface area contributed by atoms with Crippen LogP contribution in [0.15, 0.2) is 42.7 Å². The van der Waals surface area contributed by atoms with Crippen LogP contribution >= 0.6 is 0 Å². The molecule has 1 amide bonds. The van der Waals surface area contributed by atoms with Gasteiger partial charge in [-0.3, -0.25) is 4.79 Å². The van der Waals surface area contributed by atoms with Gasteiger partial charge in [-0.1, -0.05) is 6.07 Å². The molecule has 1 atom stereocenters. The molecule has 1 aliphatic rings. The van der Waals surface area contributed by atoms with Crippen LogP contribution < -0.4 is 5.32 Å². The second-order valence-electron chi connectivity index (χ2n) is 5.33. The van der Waals surface area contributed by atoms with Crippen molar-refractivity contribution in [3.05, 3.63) is 48.3 Å². The van der Waals surface area contributed by atoms with Gasteiger partial charge in [0, 0.05) is 36.7 Å². The number of piperidine rings is 1. The molecule has 0 aliphatic carbocycles. The Bertz CT molecular complexity index is 648. The van der Waals surface area contributed by atoms with Gasteiger partial charge in [-0.15, -0.1) is 0 Å². The summed E-state index contributed by atoms with van der Waals surface area (Å²) in [4.78, 5) is 22.4. The maximum absolute atomic E-state index is 12.5. The molecule has 0 unspecified atom stereocenters. The number of likely N-dealkylation sites (tertiary alicyclic amines) is 1. The Hall–Kier alpha value is -2.47. The predicted molar refractivity (Wildman–Crippen MR) is 82.9 cm³/mol. The SMILES string of the molecule is O=C(c1cccc(Nc2ncccn2)c1)N1CCC[C@@H](O)C1. The van der Waals surface area contributed by atoms with Gasteiger partial charge in [0.1, 0.15) is 0 Å². The molecule has 6 heteroatoms. The number of aromatic nitrogens is 2. The Kier molecular flexibility index (Phi) is 4.29. The molecule has 2 aromatic rings. The summed E-state index contributed by atoms with van der Waals surface area (Å²) in [6, 6.07) is 8.98. The molecule has 1 aromatic heterocycles. The van der Waals surface area contributed by atoms with Crippen molar-refractivity contribution in [2.24, 2.45) is 0 Å². The van der Waals surface area contributed by atoms with Crippen LogP contribution in [0.4, 0.5) is 11.6 Å². The van der Waals surface area contributed by atoms with Gasteiger partial charge < -0.3 is 15.3 Å². The third-order valence-corrected chi connectivity index (χ3v) is 3.62. The molecule has 0 saturated carbocycles. The van der Waals surface area contributed by atoms with E-state index in [9.17, 15) is 9.90 Å². The number of β-amino-alcohol motifs (C(OH)–C–C–N with tert-alkyl or cyclic N) is 1. The normalized spacial score (nSPS) is 18.0. The van der Waals surface area contributed by atoms with E-state index in [0.29, 0.717) is 24.6 Å². The number of anilines is 2. The number of hydrogen-bond donors (Lipinski definition) is 2. The quantitative estimate of drug-likeness (QED) is 0.903. The van der Waals surface area contributed by atoms with Gasteiger partial charge >= 0.3 is 0 Å². The molecule has 22 heavy (non-hydrogen) atoms.